The van der Waals surface area contributed by atoms with Crippen molar-refractivity contribution in [2.75, 3.05) is 6.54 Å². The molecule has 1 aliphatic heterocycles. The number of hydrogen-bond acceptors (Lipinski definition) is 6. The molecule has 0 radical (unpaired) electrons. The van der Waals surface area contributed by atoms with Crippen molar-refractivity contribution in [2.45, 2.75) is 45.5 Å². The number of alkyl carbamates (subject to hydrolysis) is 1. The van der Waals surface area contributed by atoms with Crippen molar-refractivity contribution >= 4 is 25.2 Å². The number of primary amides is 1. The van der Waals surface area contributed by atoms with Crippen LogP contribution in [0.15, 0.2) is 54.0 Å². The first kappa shape index (κ1) is 24.3. The Morgan fingerprint density at radius 2 is 1.73 bits per heavy atom. The molecule has 33 heavy (non-hydrogen) atoms. The fraction of sp³-hybridized carbons (Fsp3) is 0.333. The number of carbonyl (C=O) groups excluding carboxylic acids is 2. The smallest absolute Gasteiger partial charge is 0.492 e. The lowest BCUT2D eigenvalue weighted by Gasteiger charge is -2.32. The van der Waals surface area contributed by atoms with E-state index in [0.717, 1.165) is 5.56 Å². The molecule has 9 heteroatoms. The third kappa shape index (κ3) is 5.94. The highest BCUT2D eigenvalue weighted by Crippen LogP contribution is 2.38. The van der Waals surface area contributed by atoms with E-state index >= 15 is 0 Å². The van der Waals surface area contributed by atoms with Gasteiger partial charge in [-0.25, -0.2) is 4.79 Å². The lowest BCUT2D eigenvalue weighted by molar-refractivity contribution is 0.00578. The number of ether oxygens (including phenoxy) is 1. The number of carbonyl (C=O) groups is 2. The number of amides is 2. The molecule has 4 N–H and O–H groups in total. The van der Waals surface area contributed by atoms with Crippen LogP contribution in [-0.4, -0.2) is 42.0 Å². The molecule has 2 amide bonds. The first-order valence-electron chi connectivity index (χ1n) is 10.6. The van der Waals surface area contributed by atoms with Crippen molar-refractivity contribution in [1.29, 1.82) is 0 Å². The maximum absolute atomic E-state index is 12.3. The highest BCUT2D eigenvalue weighted by Gasteiger charge is 2.52. The van der Waals surface area contributed by atoms with Gasteiger partial charge in [0, 0.05) is 6.54 Å². The molecule has 0 unspecified atom stereocenters. The fourth-order valence-corrected chi connectivity index (χ4v) is 3.20. The standard InChI is InChI=1S/C24H29BN2O6/c1-23(2)24(3,4)33-25(32-23)18(12-17-10-11-20(28)19(13-17)21(26)29)14-27-22(30)31-15-16-8-6-5-7-9-16/h5-13,28H,14-15H2,1-4H3,(H2,26,29)(H,27,30). The SMILES string of the molecule is CC1(C)OB(C(=Cc2ccc(O)c(C(N)=O)c2)CNC(=O)OCc2ccccc2)OC1(C)C. The Balaban J connectivity index is 1.79. The summed E-state index contributed by atoms with van der Waals surface area (Å²) in [4.78, 5) is 23.9. The highest BCUT2D eigenvalue weighted by molar-refractivity contribution is 6.56. The Labute approximate surface area is 193 Å². The molecule has 0 aromatic heterocycles. The van der Waals surface area contributed by atoms with Crippen LogP contribution in [0.1, 0.15) is 49.2 Å². The predicted molar refractivity (Wildman–Crippen MR) is 125 cm³/mol. The van der Waals surface area contributed by atoms with Crippen molar-refractivity contribution in [1.82, 2.24) is 5.32 Å². The van der Waals surface area contributed by atoms with Crippen LogP contribution in [0.2, 0.25) is 0 Å². The van der Waals surface area contributed by atoms with Crippen molar-refractivity contribution in [3.05, 3.63) is 70.7 Å². The van der Waals surface area contributed by atoms with Crippen LogP contribution in [0.3, 0.4) is 0 Å². The topological polar surface area (TPSA) is 120 Å². The first-order valence-corrected chi connectivity index (χ1v) is 10.6. The van der Waals surface area contributed by atoms with Crippen LogP contribution in [0.5, 0.6) is 5.75 Å². The third-order valence-corrected chi connectivity index (χ3v) is 5.84. The maximum Gasteiger partial charge on any atom is 0.492 e. The Morgan fingerprint density at radius 3 is 2.33 bits per heavy atom. The first-order chi connectivity index (χ1) is 15.5. The molecule has 174 valence electrons. The molecule has 1 fully saturated rings. The lowest BCUT2D eigenvalue weighted by atomic mass is 9.77. The largest absolute Gasteiger partial charge is 0.507 e. The monoisotopic (exact) mass is 452 g/mol. The average molecular weight is 452 g/mol. The molecule has 1 saturated heterocycles. The lowest BCUT2D eigenvalue weighted by Crippen LogP contribution is -2.41. The summed E-state index contributed by atoms with van der Waals surface area (Å²) in [6.45, 7) is 7.94. The molecule has 3 rings (SSSR count). The Morgan fingerprint density at radius 1 is 1.09 bits per heavy atom. The summed E-state index contributed by atoms with van der Waals surface area (Å²) in [5.41, 5.74) is 6.23. The number of benzene rings is 2. The second-order valence-electron chi connectivity index (χ2n) is 8.86. The summed E-state index contributed by atoms with van der Waals surface area (Å²) in [5, 5.41) is 12.6. The number of phenols is 1. The van der Waals surface area contributed by atoms with Gasteiger partial charge in [0.1, 0.15) is 12.4 Å². The summed E-state index contributed by atoms with van der Waals surface area (Å²) in [7, 11) is -0.741. The second-order valence-corrected chi connectivity index (χ2v) is 8.86. The molecular weight excluding hydrogens is 423 g/mol. The van der Waals surface area contributed by atoms with Gasteiger partial charge in [-0.15, -0.1) is 0 Å². The van der Waals surface area contributed by atoms with Gasteiger partial charge < -0.3 is 30.2 Å². The van der Waals surface area contributed by atoms with E-state index in [4.69, 9.17) is 19.8 Å². The van der Waals surface area contributed by atoms with Gasteiger partial charge >= 0.3 is 13.2 Å². The van der Waals surface area contributed by atoms with E-state index in [9.17, 15) is 14.7 Å². The quantitative estimate of drug-likeness (QED) is 0.554. The summed E-state index contributed by atoms with van der Waals surface area (Å²) >= 11 is 0. The van der Waals surface area contributed by atoms with Gasteiger partial charge in [0.05, 0.1) is 16.8 Å². The molecule has 2 aromatic rings. The summed E-state index contributed by atoms with van der Waals surface area (Å²) in [6, 6.07) is 13.8. The highest BCUT2D eigenvalue weighted by atomic mass is 16.7. The van der Waals surface area contributed by atoms with E-state index in [2.05, 4.69) is 5.32 Å². The third-order valence-electron chi connectivity index (χ3n) is 5.84. The van der Waals surface area contributed by atoms with Crippen LogP contribution in [0.25, 0.3) is 6.08 Å². The van der Waals surface area contributed by atoms with Crippen molar-refractivity contribution < 1.29 is 28.7 Å². The molecular formula is C24H29BN2O6. The minimum Gasteiger partial charge on any atom is -0.507 e. The Kier molecular flexibility index (Phi) is 7.14. The van der Waals surface area contributed by atoms with Gasteiger partial charge in [-0.3, -0.25) is 4.79 Å². The summed E-state index contributed by atoms with van der Waals surface area (Å²) in [5.74, 6) is -0.956. The van der Waals surface area contributed by atoms with Gasteiger partial charge in [-0.1, -0.05) is 42.5 Å². The van der Waals surface area contributed by atoms with E-state index in [1.54, 1.807) is 12.1 Å². The van der Waals surface area contributed by atoms with Crippen LogP contribution in [-0.2, 0) is 20.7 Å². The van der Waals surface area contributed by atoms with Crippen LogP contribution < -0.4 is 11.1 Å². The van der Waals surface area contributed by atoms with Gasteiger partial charge in [0.15, 0.2) is 0 Å². The fourth-order valence-electron chi connectivity index (χ4n) is 3.20. The van der Waals surface area contributed by atoms with Crippen molar-refractivity contribution in [3.63, 3.8) is 0 Å². The molecule has 0 spiro atoms. The average Bonchev–Trinajstić information content (AvgIpc) is 2.98. The van der Waals surface area contributed by atoms with Crippen molar-refractivity contribution in [3.8, 4) is 5.75 Å². The minimum absolute atomic E-state index is 0.00718. The Bertz CT molecular complexity index is 1040. The molecule has 1 heterocycles. The number of nitrogens with one attached hydrogen (secondary N) is 1. The number of hydrogen-bond donors (Lipinski definition) is 3. The molecule has 0 atom stereocenters. The van der Waals surface area contributed by atoms with Gasteiger partial charge in [-0.2, -0.15) is 0 Å². The molecule has 8 nitrogen and oxygen atoms in total. The predicted octanol–water partition coefficient (Wildman–Crippen LogP) is 3.43. The summed E-state index contributed by atoms with van der Waals surface area (Å²) in [6.07, 6.45) is 1.13. The summed E-state index contributed by atoms with van der Waals surface area (Å²) < 4.78 is 17.6. The number of rotatable bonds is 7. The van der Waals surface area contributed by atoms with Crippen LogP contribution in [0.4, 0.5) is 4.79 Å². The van der Waals surface area contributed by atoms with Crippen LogP contribution in [0, 0.1) is 0 Å². The number of aromatic hydroxyl groups is 1. The van der Waals surface area contributed by atoms with E-state index < -0.39 is 30.3 Å². The van der Waals surface area contributed by atoms with E-state index in [1.165, 1.54) is 12.1 Å². The second kappa shape index (κ2) is 9.68. The molecule has 2 aromatic carbocycles. The molecule has 1 aliphatic rings. The van der Waals surface area contributed by atoms with Gasteiger partial charge in [-0.05, 0) is 56.4 Å². The zero-order chi connectivity index (χ0) is 24.2. The van der Waals surface area contributed by atoms with E-state index in [-0.39, 0.29) is 24.5 Å². The van der Waals surface area contributed by atoms with E-state index in [0.29, 0.717) is 11.0 Å². The van der Waals surface area contributed by atoms with Crippen LogP contribution >= 0.6 is 0 Å². The van der Waals surface area contributed by atoms with Gasteiger partial charge in [0.2, 0.25) is 0 Å². The Hall–Kier alpha value is -3.30. The number of nitrogens with two attached hydrogens (primary N) is 1. The van der Waals surface area contributed by atoms with E-state index in [1.807, 2.05) is 58.0 Å². The van der Waals surface area contributed by atoms with Crippen molar-refractivity contribution in [2.24, 2.45) is 5.73 Å². The zero-order valence-corrected chi connectivity index (χ0v) is 19.3. The zero-order valence-electron chi connectivity index (χ0n) is 19.3. The molecule has 0 aliphatic carbocycles. The normalized spacial score (nSPS) is 17.0. The molecule has 0 saturated carbocycles. The maximum atomic E-state index is 12.3. The van der Waals surface area contributed by atoms with Gasteiger partial charge in [0.25, 0.3) is 5.91 Å². The minimum atomic E-state index is -0.748. The molecule has 0 bridgehead atoms.